The van der Waals surface area contributed by atoms with Gasteiger partial charge in [0, 0.05) is 12.8 Å². The minimum Gasteiger partial charge on any atom is -0.274 e. The summed E-state index contributed by atoms with van der Waals surface area (Å²) in [5, 5.41) is 0. The summed E-state index contributed by atoms with van der Waals surface area (Å²) < 4.78 is 0. The number of alkyl halides is 1. The maximum Gasteiger partial charge on any atom is 0.230 e. The van der Waals surface area contributed by atoms with Crippen molar-refractivity contribution in [3.63, 3.8) is 0 Å². The molecule has 3 nitrogen and oxygen atoms in total. The molecule has 1 saturated heterocycles. The third kappa shape index (κ3) is 1.78. The Morgan fingerprint density at radius 2 is 1.92 bits per heavy atom. The predicted octanol–water partition coefficient (Wildman–Crippen LogP) is 1.50. The molecule has 1 fully saturated rings. The molecule has 0 bridgehead atoms. The van der Waals surface area contributed by atoms with Gasteiger partial charge in [0.1, 0.15) is 5.50 Å². The highest BCUT2D eigenvalue weighted by Crippen LogP contribution is 2.18. The molecule has 4 heteroatoms. The predicted molar refractivity (Wildman–Crippen MR) is 45.6 cm³/mol. The Hall–Kier alpha value is -0.570. The fourth-order valence-corrected chi connectivity index (χ4v) is 1.48. The van der Waals surface area contributed by atoms with Gasteiger partial charge in [0.15, 0.2) is 0 Å². The summed E-state index contributed by atoms with van der Waals surface area (Å²) in [5.74, 6) is -0.263. The number of amides is 2. The van der Waals surface area contributed by atoms with Crippen LogP contribution in [0, 0.1) is 0 Å². The fourth-order valence-electron chi connectivity index (χ4n) is 1.27. The van der Waals surface area contributed by atoms with Gasteiger partial charge in [0.05, 0.1) is 0 Å². The average molecular weight is 190 g/mol. The Balaban J connectivity index is 2.69. The Bertz CT molecular complexity index is 189. The molecule has 1 atom stereocenters. The molecule has 12 heavy (non-hydrogen) atoms. The van der Waals surface area contributed by atoms with Crippen LogP contribution < -0.4 is 0 Å². The molecule has 0 spiro atoms. The van der Waals surface area contributed by atoms with E-state index in [0.717, 1.165) is 0 Å². The monoisotopic (exact) mass is 189 g/mol. The molecule has 1 heterocycles. The van der Waals surface area contributed by atoms with Gasteiger partial charge in [-0.25, -0.2) is 0 Å². The van der Waals surface area contributed by atoms with Gasteiger partial charge in [-0.1, -0.05) is 18.5 Å². The Morgan fingerprint density at radius 1 is 1.42 bits per heavy atom. The zero-order valence-electron chi connectivity index (χ0n) is 7.05. The first-order valence-electron chi connectivity index (χ1n) is 4.15. The first kappa shape index (κ1) is 9.52. The highest BCUT2D eigenvalue weighted by molar-refractivity contribution is 6.23. The van der Waals surface area contributed by atoms with E-state index in [1.807, 2.05) is 6.92 Å². The zero-order chi connectivity index (χ0) is 9.14. The van der Waals surface area contributed by atoms with Crippen molar-refractivity contribution < 1.29 is 9.59 Å². The number of imide groups is 1. The lowest BCUT2D eigenvalue weighted by atomic mass is 10.1. The van der Waals surface area contributed by atoms with Crippen LogP contribution in [0.5, 0.6) is 0 Å². The van der Waals surface area contributed by atoms with Crippen molar-refractivity contribution in [3.05, 3.63) is 0 Å². The molecule has 0 saturated carbocycles. The normalized spacial score (nSPS) is 21.3. The number of halogens is 1. The lowest BCUT2D eigenvalue weighted by Crippen LogP contribution is -2.44. The van der Waals surface area contributed by atoms with E-state index < -0.39 is 5.50 Å². The van der Waals surface area contributed by atoms with Gasteiger partial charge in [-0.15, -0.1) is 0 Å². The van der Waals surface area contributed by atoms with Crippen molar-refractivity contribution in [3.8, 4) is 0 Å². The number of rotatable bonds is 2. The van der Waals surface area contributed by atoms with E-state index in [-0.39, 0.29) is 11.8 Å². The van der Waals surface area contributed by atoms with E-state index in [0.29, 0.717) is 25.7 Å². The number of piperidine rings is 1. The van der Waals surface area contributed by atoms with Gasteiger partial charge in [0.25, 0.3) is 0 Å². The lowest BCUT2D eigenvalue weighted by molar-refractivity contribution is -0.148. The van der Waals surface area contributed by atoms with E-state index in [1.54, 1.807) is 0 Å². The lowest BCUT2D eigenvalue weighted by Gasteiger charge is -2.28. The maximum atomic E-state index is 11.2. The SMILES string of the molecule is CCC(Cl)N1C(=O)CCCC1=O. The first-order valence-corrected chi connectivity index (χ1v) is 4.59. The highest BCUT2D eigenvalue weighted by atomic mass is 35.5. The Labute approximate surface area is 76.7 Å². The number of hydrogen-bond donors (Lipinski definition) is 0. The molecule has 0 aromatic heterocycles. The largest absolute Gasteiger partial charge is 0.274 e. The standard InChI is InChI=1S/C8H12ClNO2/c1-2-6(9)10-7(11)4-3-5-8(10)12/h6H,2-5H2,1H3. The van der Waals surface area contributed by atoms with Crippen LogP contribution in [0.3, 0.4) is 0 Å². The van der Waals surface area contributed by atoms with E-state index in [9.17, 15) is 9.59 Å². The molecule has 1 aliphatic heterocycles. The number of carbonyl (C=O) groups is 2. The summed E-state index contributed by atoms with van der Waals surface area (Å²) in [5.41, 5.74) is -0.453. The summed E-state index contributed by atoms with van der Waals surface area (Å²) in [6, 6.07) is 0. The average Bonchev–Trinajstić information content (AvgIpc) is 2.03. The number of nitrogens with zero attached hydrogens (tertiary/aromatic N) is 1. The van der Waals surface area contributed by atoms with Gasteiger partial charge >= 0.3 is 0 Å². The number of likely N-dealkylation sites (tertiary alicyclic amines) is 1. The van der Waals surface area contributed by atoms with Gasteiger partial charge in [-0.2, -0.15) is 0 Å². The van der Waals surface area contributed by atoms with Crippen molar-refractivity contribution in [1.29, 1.82) is 0 Å². The number of carbonyl (C=O) groups excluding carboxylic acids is 2. The van der Waals surface area contributed by atoms with E-state index in [4.69, 9.17) is 11.6 Å². The van der Waals surface area contributed by atoms with Crippen molar-refractivity contribution in [1.82, 2.24) is 4.90 Å². The third-order valence-electron chi connectivity index (χ3n) is 1.94. The van der Waals surface area contributed by atoms with Gasteiger partial charge in [0.2, 0.25) is 11.8 Å². The molecule has 2 amide bonds. The number of hydrogen-bond acceptors (Lipinski definition) is 2. The zero-order valence-corrected chi connectivity index (χ0v) is 7.80. The molecule has 0 radical (unpaired) electrons. The van der Waals surface area contributed by atoms with Crippen molar-refractivity contribution in [2.75, 3.05) is 0 Å². The van der Waals surface area contributed by atoms with Crippen LogP contribution in [0.4, 0.5) is 0 Å². The van der Waals surface area contributed by atoms with E-state index in [1.165, 1.54) is 4.90 Å². The van der Waals surface area contributed by atoms with Gasteiger partial charge in [-0.05, 0) is 12.8 Å². The smallest absolute Gasteiger partial charge is 0.230 e. The Morgan fingerprint density at radius 3 is 2.33 bits per heavy atom. The fraction of sp³-hybridized carbons (Fsp3) is 0.750. The molecule has 0 N–H and O–H groups in total. The molecule has 0 aromatic rings. The molecule has 1 unspecified atom stereocenters. The van der Waals surface area contributed by atoms with Crippen molar-refractivity contribution in [2.24, 2.45) is 0 Å². The molecular weight excluding hydrogens is 178 g/mol. The summed E-state index contributed by atoms with van der Waals surface area (Å²) >= 11 is 5.82. The van der Waals surface area contributed by atoms with Crippen LogP contribution >= 0.6 is 11.6 Å². The summed E-state index contributed by atoms with van der Waals surface area (Å²) in [7, 11) is 0. The quantitative estimate of drug-likeness (QED) is 0.375. The van der Waals surface area contributed by atoms with Gasteiger partial charge in [-0.3, -0.25) is 14.5 Å². The molecular formula is C8H12ClNO2. The second kappa shape index (κ2) is 3.90. The second-order valence-electron chi connectivity index (χ2n) is 2.85. The maximum absolute atomic E-state index is 11.2. The molecule has 0 aromatic carbocycles. The summed E-state index contributed by atoms with van der Waals surface area (Å²) in [6.45, 7) is 1.85. The molecule has 1 aliphatic rings. The van der Waals surface area contributed by atoms with Crippen LogP contribution in [0.25, 0.3) is 0 Å². The Kier molecular flexibility index (Phi) is 3.09. The van der Waals surface area contributed by atoms with Gasteiger partial charge < -0.3 is 0 Å². The minimum atomic E-state index is -0.453. The van der Waals surface area contributed by atoms with Crippen molar-refractivity contribution >= 4 is 23.4 Å². The highest BCUT2D eigenvalue weighted by Gasteiger charge is 2.30. The van der Waals surface area contributed by atoms with Crippen LogP contribution in [0.2, 0.25) is 0 Å². The molecule has 1 rings (SSSR count). The van der Waals surface area contributed by atoms with Crippen molar-refractivity contribution in [2.45, 2.75) is 38.1 Å². The van der Waals surface area contributed by atoms with Crippen LogP contribution in [0.15, 0.2) is 0 Å². The third-order valence-corrected chi connectivity index (χ3v) is 2.44. The van der Waals surface area contributed by atoms with E-state index >= 15 is 0 Å². The summed E-state index contributed by atoms with van der Waals surface area (Å²) in [4.78, 5) is 23.6. The molecule has 0 aliphatic carbocycles. The first-order chi connectivity index (χ1) is 5.66. The van der Waals surface area contributed by atoms with Crippen LogP contribution in [-0.4, -0.2) is 22.2 Å². The molecule has 68 valence electrons. The summed E-state index contributed by atoms with van der Waals surface area (Å²) in [6.07, 6.45) is 2.18. The van der Waals surface area contributed by atoms with E-state index in [2.05, 4.69) is 0 Å². The minimum absolute atomic E-state index is 0.131. The topological polar surface area (TPSA) is 37.4 Å². The second-order valence-corrected chi connectivity index (χ2v) is 3.36. The van der Waals surface area contributed by atoms with Crippen LogP contribution in [0.1, 0.15) is 32.6 Å². The van der Waals surface area contributed by atoms with Crippen LogP contribution in [-0.2, 0) is 9.59 Å².